The summed E-state index contributed by atoms with van der Waals surface area (Å²) in [6, 6.07) is 12.8. The van der Waals surface area contributed by atoms with Gasteiger partial charge in [-0.15, -0.1) is 0 Å². The molecule has 3 rings (SSSR count). The van der Waals surface area contributed by atoms with Gasteiger partial charge in [-0.25, -0.2) is 0 Å². The Morgan fingerprint density at radius 1 is 1.19 bits per heavy atom. The van der Waals surface area contributed by atoms with Gasteiger partial charge in [-0.2, -0.15) is 0 Å². The Morgan fingerprint density at radius 3 is 2.47 bits per heavy atom. The monoisotopic (exact) mass is 433 g/mol. The molecule has 0 heterocycles. The zero-order valence-electron chi connectivity index (χ0n) is 19.4. The topological polar surface area (TPSA) is 84.7 Å². The SMILES string of the molecule is COc1ccc(Nc2cc(N(C)/C(C)=C\C3=CCC(C)(C)CC3=O)ccc2C(N)=O)cc1. The summed E-state index contributed by atoms with van der Waals surface area (Å²) in [5.41, 5.74) is 9.95. The summed E-state index contributed by atoms with van der Waals surface area (Å²) in [6.07, 6.45) is 5.38. The third-order valence-corrected chi connectivity index (χ3v) is 5.75. The number of rotatable bonds is 7. The number of ether oxygens (including phenoxy) is 1. The Kier molecular flexibility index (Phi) is 6.72. The highest BCUT2D eigenvalue weighted by Gasteiger charge is 2.27. The molecule has 0 saturated carbocycles. The van der Waals surface area contributed by atoms with E-state index < -0.39 is 5.91 Å². The number of carbonyl (C=O) groups excluding carboxylic acids is 2. The van der Waals surface area contributed by atoms with E-state index in [1.54, 1.807) is 13.2 Å². The van der Waals surface area contributed by atoms with Crippen molar-refractivity contribution in [3.63, 3.8) is 0 Å². The molecule has 0 unspecified atom stereocenters. The lowest BCUT2D eigenvalue weighted by Gasteiger charge is -2.27. The summed E-state index contributed by atoms with van der Waals surface area (Å²) < 4.78 is 5.20. The van der Waals surface area contributed by atoms with Gasteiger partial charge in [-0.05, 0) is 67.3 Å². The first-order valence-corrected chi connectivity index (χ1v) is 10.6. The molecule has 0 atom stereocenters. The molecule has 1 aliphatic carbocycles. The molecule has 0 spiro atoms. The lowest BCUT2D eigenvalue weighted by atomic mass is 9.77. The number of hydrogen-bond acceptors (Lipinski definition) is 5. The van der Waals surface area contributed by atoms with Crippen molar-refractivity contribution in [1.82, 2.24) is 0 Å². The molecule has 0 aliphatic heterocycles. The lowest BCUT2D eigenvalue weighted by Crippen LogP contribution is -2.23. The van der Waals surface area contributed by atoms with E-state index in [9.17, 15) is 9.59 Å². The van der Waals surface area contributed by atoms with Crippen molar-refractivity contribution in [2.24, 2.45) is 11.1 Å². The molecule has 0 fully saturated rings. The second-order valence-electron chi connectivity index (χ2n) is 8.92. The van der Waals surface area contributed by atoms with Crippen molar-refractivity contribution >= 4 is 28.8 Å². The zero-order valence-corrected chi connectivity index (χ0v) is 19.4. The largest absolute Gasteiger partial charge is 0.497 e. The van der Waals surface area contributed by atoms with Crippen molar-refractivity contribution in [3.05, 3.63) is 71.5 Å². The van der Waals surface area contributed by atoms with Gasteiger partial charge in [-0.3, -0.25) is 9.59 Å². The third-order valence-electron chi connectivity index (χ3n) is 5.75. The Balaban J connectivity index is 1.88. The summed E-state index contributed by atoms with van der Waals surface area (Å²) in [7, 11) is 3.54. The van der Waals surface area contributed by atoms with Crippen LogP contribution in [0.15, 0.2) is 65.9 Å². The fourth-order valence-electron chi connectivity index (χ4n) is 3.66. The van der Waals surface area contributed by atoms with Gasteiger partial charge in [-0.1, -0.05) is 19.9 Å². The molecular formula is C26H31N3O3. The van der Waals surface area contributed by atoms with Crippen LogP contribution in [-0.2, 0) is 4.79 Å². The number of primary amides is 1. The van der Waals surface area contributed by atoms with Crippen LogP contribution in [0.25, 0.3) is 0 Å². The van der Waals surface area contributed by atoms with Crippen LogP contribution in [-0.4, -0.2) is 25.8 Å². The highest BCUT2D eigenvalue weighted by atomic mass is 16.5. The highest BCUT2D eigenvalue weighted by molar-refractivity contribution is 6.00. The van der Waals surface area contributed by atoms with Gasteiger partial charge in [0.2, 0.25) is 0 Å². The molecule has 2 aromatic rings. The van der Waals surface area contributed by atoms with Gasteiger partial charge in [0.1, 0.15) is 5.75 Å². The molecule has 1 aliphatic rings. The number of Topliss-reactive ketones (excluding diaryl/α,β-unsaturated/α-hetero) is 1. The average molecular weight is 434 g/mol. The number of methoxy groups -OCH3 is 1. The van der Waals surface area contributed by atoms with Gasteiger partial charge in [0.25, 0.3) is 5.91 Å². The zero-order chi connectivity index (χ0) is 23.5. The second kappa shape index (κ2) is 9.30. The number of ketones is 1. The van der Waals surface area contributed by atoms with Gasteiger partial charge in [0.15, 0.2) is 5.78 Å². The predicted octanol–water partition coefficient (Wildman–Crippen LogP) is 5.19. The van der Waals surface area contributed by atoms with Crippen molar-refractivity contribution in [1.29, 1.82) is 0 Å². The molecule has 0 saturated heterocycles. The molecule has 0 aromatic heterocycles. The van der Waals surface area contributed by atoms with E-state index in [4.69, 9.17) is 10.5 Å². The van der Waals surface area contributed by atoms with Crippen molar-refractivity contribution in [2.75, 3.05) is 24.4 Å². The lowest BCUT2D eigenvalue weighted by molar-refractivity contribution is -0.117. The first kappa shape index (κ1) is 23.1. The van der Waals surface area contributed by atoms with Crippen molar-refractivity contribution < 1.29 is 14.3 Å². The number of nitrogens with two attached hydrogens (primary N) is 1. The number of amides is 1. The van der Waals surface area contributed by atoms with Gasteiger partial charge in [0, 0.05) is 36.1 Å². The summed E-state index contributed by atoms with van der Waals surface area (Å²) in [5.74, 6) is 0.401. The van der Waals surface area contributed by atoms with Crippen LogP contribution in [0, 0.1) is 5.41 Å². The Labute approximate surface area is 189 Å². The molecule has 0 radical (unpaired) electrons. The van der Waals surface area contributed by atoms with Crippen LogP contribution < -0.4 is 20.7 Å². The summed E-state index contributed by atoms with van der Waals surface area (Å²) in [6.45, 7) is 6.18. The Morgan fingerprint density at radius 2 is 1.88 bits per heavy atom. The van der Waals surface area contributed by atoms with Crippen LogP contribution in [0.3, 0.4) is 0 Å². The first-order chi connectivity index (χ1) is 15.1. The molecule has 168 valence electrons. The summed E-state index contributed by atoms with van der Waals surface area (Å²) >= 11 is 0. The number of hydrogen-bond donors (Lipinski definition) is 2. The minimum absolute atomic E-state index is 0.0147. The maximum atomic E-state index is 12.5. The van der Waals surface area contributed by atoms with Crippen LogP contribution in [0.2, 0.25) is 0 Å². The molecule has 1 amide bonds. The van der Waals surface area contributed by atoms with Crippen molar-refractivity contribution in [3.8, 4) is 5.75 Å². The summed E-state index contributed by atoms with van der Waals surface area (Å²) in [5, 5.41) is 3.27. The predicted molar refractivity (Wildman–Crippen MR) is 130 cm³/mol. The average Bonchev–Trinajstić information content (AvgIpc) is 2.75. The van der Waals surface area contributed by atoms with Gasteiger partial charge >= 0.3 is 0 Å². The van der Waals surface area contributed by atoms with E-state index >= 15 is 0 Å². The van der Waals surface area contributed by atoms with Crippen LogP contribution in [0.1, 0.15) is 44.0 Å². The number of anilines is 3. The fourth-order valence-corrected chi connectivity index (χ4v) is 3.66. The van der Waals surface area contributed by atoms with E-state index in [-0.39, 0.29) is 11.2 Å². The standard InChI is InChI=1S/C26H31N3O3/c1-17(14-18-12-13-26(2,3)16-24(18)30)29(4)20-8-11-22(25(27)31)23(15-20)28-19-6-9-21(32-5)10-7-19/h6-12,14-15,28H,13,16H2,1-5H3,(H2,27,31)/b17-14-. The maximum absolute atomic E-state index is 12.5. The minimum Gasteiger partial charge on any atom is -0.497 e. The number of nitrogens with one attached hydrogen (secondary N) is 1. The van der Waals surface area contributed by atoms with E-state index in [2.05, 4.69) is 19.2 Å². The molecule has 6 nitrogen and oxygen atoms in total. The van der Waals surface area contributed by atoms with Gasteiger partial charge in [0.05, 0.1) is 18.4 Å². The molecule has 3 N–H and O–H groups in total. The minimum atomic E-state index is -0.511. The quantitative estimate of drug-likeness (QED) is 0.627. The number of allylic oxidation sites excluding steroid dienone is 4. The number of nitrogens with zero attached hydrogens (tertiary/aromatic N) is 1. The van der Waals surface area contributed by atoms with E-state index in [1.165, 1.54) is 0 Å². The fraction of sp³-hybridized carbons (Fsp3) is 0.308. The molecular weight excluding hydrogens is 402 g/mol. The van der Waals surface area contributed by atoms with E-state index in [1.807, 2.05) is 67.4 Å². The number of carbonyl (C=O) groups is 2. The molecule has 2 aromatic carbocycles. The van der Waals surface area contributed by atoms with E-state index in [0.717, 1.165) is 34.8 Å². The Hall–Kier alpha value is -3.54. The number of benzene rings is 2. The summed E-state index contributed by atoms with van der Waals surface area (Å²) in [4.78, 5) is 26.5. The highest BCUT2D eigenvalue weighted by Crippen LogP contribution is 2.34. The molecule has 32 heavy (non-hydrogen) atoms. The van der Waals surface area contributed by atoms with Crippen LogP contribution in [0.4, 0.5) is 17.1 Å². The van der Waals surface area contributed by atoms with E-state index in [0.29, 0.717) is 17.7 Å². The smallest absolute Gasteiger partial charge is 0.250 e. The van der Waals surface area contributed by atoms with Crippen LogP contribution >= 0.6 is 0 Å². The maximum Gasteiger partial charge on any atom is 0.250 e. The Bertz CT molecular complexity index is 1080. The normalized spacial score (nSPS) is 15.7. The second-order valence-corrected chi connectivity index (χ2v) is 8.92. The molecule has 0 bridgehead atoms. The molecule has 6 heteroatoms. The van der Waals surface area contributed by atoms with Crippen LogP contribution in [0.5, 0.6) is 5.75 Å². The van der Waals surface area contributed by atoms with Crippen molar-refractivity contribution in [2.45, 2.75) is 33.6 Å². The third kappa shape index (κ3) is 5.38. The van der Waals surface area contributed by atoms with Gasteiger partial charge < -0.3 is 20.7 Å². The first-order valence-electron chi connectivity index (χ1n) is 10.6.